The third-order valence-electron chi connectivity index (χ3n) is 10.1. The Kier molecular flexibility index (Phi) is 13.0. The number of hydrogen-bond donors (Lipinski definition) is 2. The molecule has 0 unspecified atom stereocenters. The summed E-state index contributed by atoms with van der Waals surface area (Å²) in [6, 6.07) is 26.2. The first kappa shape index (κ1) is 39.0. The number of ether oxygens (including phenoxy) is 2. The Morgan fingerprint density at radius 3 is 1.46 bits per heavy atom. The number of carboxylic acids is 2. The van der Waals surface area contributed by atoms with Crippen molar-refractivity contribution in [1.29, 1.82) is 10.5 Å². The number of carboxylic acid groups (broad SMARTS) is 2. The molecule has 4 aromatic carbocycles. The molecule has 4 aromatic rings. The van der Waals surface area contributed by atoms with E-state index in [1.54, 1.807) is 0 Å². The molecule has 12 heteroatoms. The molecular formula is C42H40Br2N4O6. The second kappa shape index (κ2) is 18.1. The van der Waals surface area contributed by atoms with E-state index >= 15 is 0 Å². The van der Waals surface area contributed by atoms with Crippen molar-refractivity contribution in [3.05, 3.63) is 115 Å². The fraction of sp³-hybridized carbons (Fsp3) is 0.333. The normalized spacial score (nSPS) is 17.6. The van der Waals surface area contributed by atoms with Gasteiger partial charge in [-0.15, -0.1) is 0 Å². The molecule has 2 N–H and O–H groups in total. The van der Waals surface area contributed by atoms with E-state index in [2.05, 4.69) is 44.0 Å². The molecule has 2 saturated heterocycles. The van der Waals surface area contributed by atoms with Crippen LogP contribution in [0.3, 0.4) is 0 Å². The maximum Gasteiger partial charge on any atom is 0.320 e. The Morgan fingerprint density at radius 2 is 1.09 bits per heavy atom. The van der Waals surface area contributed by atoms with Gasteiger partial charge >= 0.3 is 11.9 Å². The van der Waals surface area contributed by atoms with Gasteiger partial charge in [0.1, 0.15) is 48.9 Å². The maximum atomic E-state index is 11.8. The maximum absolute atomic E-state index is 11.8. The number of benzene rings is 4. The van der Waals surface area contributed by atoms with Crippen molar-refractivity contribution < 1.29 is 29.3 Å². The summed E-state index contributed by atoms with van der Waals surface area (Å²) in [6.45, 7) is 2.78. The highest BCUT2D eigenvalue weighted by atomic mass is 79.9. The summed E-state index contributed by atoms with van der Waals surface area (Å²) in [5.74, 6) is -0.393. The lowest BCUT2D eigenvalue weighted by molar-refractivity contribution is -0.145. The van der Waals surface area contributed by atoms with Crippen molar-refractivity contribution in [3.63, 3.8) is 0 Å². The van der Waals surface area contributed by atoms with Gasteiger partial charge in [0.05, 0.1) is 20.1 Å². The van der Waals surface area contributed by atoms with E-state index in [0.717, 1.165) is 58.8 Å². The molecule has 0 saturated carbocycles. The van der Waals surface area contributed by atoms with E-state index < -0.39 is 24.0 Å². The van der Waals surface area contributed by atoms with Crippen molar-refractivity contribution in [2.75, 3.05) is 13.1 Å². The van der Waals surface area contributed by atoms with E-state index in [1.165, 1.54) is 0 Å². The van der Waals surface area contributed by atoms with Crippen molar-refractivity contribution in [1.82, 2.24) is 9.80 Å². The predicted octanol–water partition coefficient (Wildman–Crippen LogP) is 8.66. The van der Waals surface area contributed by atoms with Crippen molar-refractivity contribution >= 4 is 43.8 Å². The highest BCUT2D eigenvalue weighted by Gasteiger charge is 2.29. The minimum absolute atomic E-state index is 0.116. The quantitative estimate of drug-likeness (QED) is 0.134. The first-order valence-electron chi connectivity index (χ1n) is 18.0. The van der Waals surface area contributed by atoms with Crippen molar-refractivity contribution in [3.8, 4) is 34.8 Å². The molecule has 0 radical (unpaired) electrons. The molecule has 6 rings (SSSR count). The number of likely N-dealkylation sites (tertiary alicyclic amines) is 2. The molecule has 0 aliphatic carbocycles. The standard InChI is InChI=1S/C42H40Br2N4O6/c43-35-19-27(23-47-17-3-1-11-37(47)41(49)50)13-15-39(35)53-25-29-7-5-9-31(33(29)21-45)32-10-6-8-30(34(32)22-46)26-54-40-16-14-28(20-36(40)44)24-48-18-4-2-12-38(48)42(51)52/h5-10,13-16,19-20,37-38H,1-4,11-12,17-18,23-26H2,(H,49,50)(H,51,52)/t37-,38-/m0/s1. The van der Waals surface area contributed by atoms with Crippen LogP contribution in [0.5, 0.6) is 11.5 Å². The van der Waals surface area contributed by atoms with Gasteiger partial charge in [0.2, 0.25) is 0 Å². The highest BCUT2D eigenvalue weighted by Crippen LogP contribution is 2.34. The average Bonchev–Trinajstić information content (AvgIpc) is 3.17. The summed E-state index contributed by atoms with van der Waals surface area (Å²) < 4.78 is 13.8. The summed E-state index contributed by atoms with van der Waals surface area (Å²) >= 11 is 7.22. The number of halogens is 2. The van der Waals surface area contributed by atoms with Gasteiger partial charge in [-0.1, -0.05) is 61.4 Å². The number of rotatable bonds is 13. The molecule has 2 fully saturated rings. The molecular weight excluding hydrogens is 816 g/mol. The fourth-order valence-electron chi connectivity index (χ4n) is 7.37. The zero-order valence-electron chi connectivity index (χ0n) is 29.6. The Labute approximate surface area is 331 Å². The molecule has 0 aromatic heterocycles. The summed E-state index contributed by atoms with van der Waals surface area (Å²) in [5, 5.41) is 40.0. The van der Waals surface area contributed by atoms with E-state index in [0.29, 0.717) is 70.8 Å². The number of nitriles is 2. The Bertz CT molecular complexity index is 1960. The number of carbonyl (C=O) groups is 2. The minimum Gasteiger partial charge on any atom is -0.488 e. The molecule has 0 bridgehead atoms. The molecule has 10 nitrogen and oxygen atoms in total. The molecule has 0 spiro atoms. The average molecular weight is 857 g/mol. The topological polar surface area (TPSA) is 147 Å². The third-order valence-corrected chi connectivity index (χ3v) is 11.4. The van der Waals surface area contributed by atoms with Gasteiger partial charge in [0.15, 0.2) is 0 Å². The van der Waals surface area contributed by atoms with Crippen LogP contribution >= 0.6 is 31.9 Å². The first-order valence-corrected chi connectivity index (χ1v) is 19.6. The summed E-state index contributed by atoms with van der Waals surface area (Å²) in [7, 11) is 0. The number of hydrogen-bond acceptors (Lipinski definition) is 8. The van der Waals surface area contributed by atoms with Gasteiger partial charge in [-0.05, 0) is 106 Å². The summed E-state index contributed by atoms with van der Waals surface area (Å²) in [4.78, 5) is 27.5. The van der Waals surface area contributed by atoms with Crippen LogP contribution in [0.4, 0.5) is 0 Å². The molecule has 0 amide bonds. The second-order valence-corrected chi connectivity index (χ2v) is 15.4. The summed E-state index contributed by atoms with van der Waals surface area (Å²) in [6.07, 6.45) is 5.09. The zero-order valence-corrected chi connectivity index (χ0v) is 32.8. The van der Waals surface area contributed by atoms with Gasteiger partial charge in [-0.2, -0.15) is 10.5 Å². The lowest BCUT2D eigenvalue weighted by Crippen LogP contribution is -2.43. The Hall–Kier alpha value is -4.72. The van der Waals surface area contributed by atoms with Crippen molar-refractivity contribution in [2.45, 2.75) is 76.9 Å². The first-order chi connectivity index (χ1) is 26.2. The van der Waals surface area contributed by atoms with Crippen LogP contribution in [0.25, 0.3) is 11.1 Å². The van der Waals surface area contributed by atoms with Crippen LogP contribution in [0.2, 0.25) is 0 Å². The molecule has 2 atom stereocenters. The second-order valence-electron chi connectivity index (χ2n) is 13.7. The lowest BCUT2D eigenvalue weighted by atomic mass is 9.91. The summed E-state index contributed by atoms with van der Waals surface area (Å²) in [5.41, 5.74) is 5.32. The predicted molar refractivity (Wildman–Crippen MR) is 210 cm³/mol. The van der Waals surface area contributed by atoms with E-state index in [1.807, 2.05) is 82.6 Å². The van der Waals surface area contributed by atoms with Gasteiger partial charge in [0.25, 0.3) is 0 Å². The highest BCUT2D eigenvalue weighted by molar-refractivity contribution is 9.11. The van der Waals surface area contributed by atoms with Crippen molar-refractivity contribution in [2.24, 2.45) is 0 Å². The molecule has 54 heavy (non-hydrogen) atoms. The number of nitrogens with zero attached hydrogens (tertiary/aromatic N) is 4. The number of aliphatic carboxylic acids is 2. The van der Waals surface area contributed by atoms with Gasteiger partial charge in [-0.25, -0.2) is 0 Å². The third kappa shape index (κ3) is 9.14. The number of piperidine rings is 2. The van der Waals surface area contributed by atoms with Crippen LogP contribution < -0.4 is 9.47 Å². The van der Waals surface area contributed by atoms with E-state index in [4.69, 9.17) is 9.47 Å². The molecule has 2 aliphatic heterocycles. The van der Waals surface area contributed by atoms with E-state index in [9.17, 15) is 30.3 Å². The minimum atomic E-state index is -0.788. The Balaban J connectivity index is 1.14. The fourth-order valence-corrected chi connectivity index (χ4v) is 8.45. The monoisotopic (exact) mass is 854 g/mol. The largest absolute Gasteiger partial charge is 0.488 e. The Morgan fingerprint density at radius 1 is 0.667 bits per heavy atom. The van der Waals surface area contributed by atoms with Crippen LogP contribution in [0.15, 0.2) is 81.7 Å². The van der Waals surface area contributed by atoms with Crippen LogP contribution in [-0.4, -0.2) is 57.1 Å². The van der Waals surface area contributed by atoms with Gasteiger partial charge in [-0.3, -0.25) is 19.4 Å². The van der Waals surface area contributed by atoms with Crippen LogP contribution in [0.1, 0.15) is 71.9 Å². The molecule has 2 aliphatic rings. The SMILES string of the molecule is N#Cc1c(COc2ccc(CN3CCCC[C@H]3C(=O)O)cc2Br)cccc1-c1cccc(COc2ccc(CN3CCCC[C@H]3C(=O)O)cc2Br)c1C#N. The molecule has 2 heterocycles. The lowest BCUT2D eigenvalue weighted by Gasteiger charge is -2.32. The van der Waals surface area contributed by atoms with Gasteiger partial charge in [0, 0.05) is 35.3 Å². The van der Waals surface area contributed by atoms with Crippen LogP contribution in [-0.2, 0) is 35.9 Å². The zero-order chi connectivity index (χ0) is 38.2. The molecule has 278 valence electrons. The van der Waals surface area contributed by atoms with E-state index in [-0.39, 0.29) is 13.2 Å². The van der Waals surface area contributed by atoms with Crippen LogP contribution in [0, 0.1) is 22.7 Å². The smallest absolute Gasteiger partial charge is 0.320 e. The van der Waals surface area contributed by atoms with Gasteiger partial charge < -0.3 is 19.7 Å².